The lowest BCUT2D eigenvalue weighted by Gasteiger charge is -2.07. The number of rotatable bonds is 5. The summed E-state index contributed by atoms with van der Waals surface area (Å²) < 4.78 is 6.97. The van der Waals surface area contributed by atoms with Crippen LogP contribution in [0.1, 0.15) is 23.0 Å². The molecule has 1 rings (SSSR count). The van der Waals surface area contributed by atoms with E-state index >= 15 is 0 Å². The third-order valence-electron chi connectivity index (χ3n) is 2.05. The van der Waals surface area contributed by atoms with Crippen molar-refractivity contribution in [3.8, 4) is 0 Å². The summed E-state index contributed by atoms with van der Waals surface area (Å²) in [6.07, 6.45) is 0.173. The van der Waals surface area contributed by atoms with Gasteiger partial charge >= 0.3 is 5.97 Å². The van der Waals surface area contributed by atoms with Crippen LogP contribution < -0.4 is 5.32 Å². The second kappa shape index (κ2) is 6.86. The molecule has 8 heteroatoms. The highest BCUT2D eigenvalue weighted by molar-refractivity contribution is 7.73. The summed E-state index contributed by atoms with van der Waals surface area (Å²) in [5.41, 5.74) is 0. The smallest absolute Gasteiger partial charge is 0.352 e. The number of esters is 1. The van der Waals surface area contributed by atoms with Crippen molar-refractivity contribution in [3.05, 3.63) is 8.83 Å². The Morgan fingerprint density at radius 2 is 2.22 bits per heavy atom. The second-order valence-corrected chi connectivity index (χ2v) is 5.33. The van der Waals surface area contributed by atoms with Crippen molar-refractivity contribution >= 4 is 52.8 Å². The van der Waals surface area contributed by atoms with Gasteiger partial charge in [-0.05, 0) is 19.1 Å². The van der Waals surface area contributed by atoms with Crippen LogP contribution in [0.3, 0.4) is 0 Å². The summed E-state index contributed by atoms with van der Waals surface area (Å²) in [6.45, 7) is 1.98. The Morgan fingerprint density at radius 3 is 2.78 bits per heavy atom. The van der Waals surface area contributed by atoms with E-state index < -0.39 is 5.97 Å². The van der Waals surface area contributed by atoms with Gasteiger partial charge in [-0.15, -0.1) is 11.6 Å². The minimum Gasteiger partial charge on any atom is -0.462 e. The highest BCUT2D eigenvalue weighted by Crippen LogP contribution is 2.24. The largest absolute Gasteiger partial charge is 0.462 e. The van der Waals surface area contributed by atoms with E-state index in [9.17, 15) is 9.59 Å². The molecule has 0 fully saturated rings. The van der Waals surface area contributed by atoms with E-state index in [0.717, 1.165) is 11.3 Å². The summed E-state index contributed by atoms with van der Waals surface area (Å²) >= 11 is 11.7. The van der Waals surface area contributed by atoms with Gasteiger partial charge in [0, 0.05) is 19.3 Å². The number of halogens is 1. The summed E-state index contributed by atoms with van der Waals surface area (Å²) in [6, 6.07) is 0. The van der Waals surface area contributed by atoms with Crippen LogP contribution in [0.5, 0.6) is 0 Å². The molecule has 0 bridgehead atoms. The average Bonchev–Trinajstić information content (AvgIpc) is 2.58. The number of amides is 1. The lowest BCUT2D eigenvalue weighted by atomic mass is 10.4. The second-order valence-electron chi connectivity index (χ2n) is 3.31. The van der Waals surface area contributed by atoms with Gasteiger partial charge in [0.25, 0.3) is 0 Å². The first-order valence-corrected chi connectivity index (χ1v) is 7.00. The van der Waals surface area contributed by atoms with Crippen molar-refractivity contribution in [1.29, 1.82) is 0 Å². The fourth-order valence-corrected chi connectivity index (χ4v) is 2.55. The summed E-state index contributed by atoms with van der Waals surface area (Å²) in [4.78, 5) is 23.5. The normalized spacial score (nSPS) is 10.2. The van der Waals surface area contributed by atoms with Crippen LogP contribution in [0.4, 0.5) is 5.82 Å². The molecule has 1 aromatic rings. The molecule has 0 aliphatic rings. The van der Waals surface area contributed by atoms with Gasteiger partial charge in [-0.3, -0.25) is 4.79 Å². The van der Waals surface area contributed by atoms with Crippen LogP contribution in [0.25, 0.3) is 0 Å². The van der Waals surface area contributed by atoms with Crippen LogP contribution in [-0.4, -0.2) is 28.9 Å². The molecule has 100 valence electrons. The van der Waals surface area contributed by atoms with Gasteiger partial charge in [0.05, 0.1) is 6.61 Å². The standard InChI is InChI=1S/C10H13ClN2O3S2/c1-3-16-9(15)7-8(12-6(14)4-5-11)13(2)10(17)18-7/h3-5H2,1-2H3,(H,12,14). The lowest BCUT2D eigenvalue weighted by Crippen LogP contribution is -2.17. The highest BCUT2D eigenvalue weighted by Gasteiger charge is 2.20. The van der Waals surface area contributed by atoms with Crippen LogP contribution in [0.15, 0.2) is 0 Å². The Kier molecular flexibility index (Phi) is 5.77. The lowest BCUT2D eigenvalue weighted by molar-refractivity contribution is -0.115. The molecule has 5 nitrogen and oxygen atoms in total. The molecule has 1 amide bonds. The minimum atomic E-state index is -0.490. The van der Waals surface area contributed by atoms with E-state index in [1.165, 1.54) is 0 Å². The number of alkyl halides is 1. The quantitative estimate of drug-likeness (QED) is 0.516. The number of thiazole rings is 1. The molecule has 0 saturated heterocycles. The van der Waals surface area contributed by atoms with Gasteiger partial charge in [0.15, 0.2) is 8.83 Å². The molecule has 0 radical (unpaired) electrons. The number of carbonyl (C=O) groups is 2. The number of hydrogen-bond acceptors (Lipinski definition) is 5. The van der Waals surface area contributed by atoms with Gasteiger partial charge < -0.3 is 14.6 Å². The first-order chi connectivity index (χ1) is 8.51. The first-order valence-electron chi connectivity index (χ1n) is 5.24. The fraction of sp³-hybridized carbons (Fsp3) is 0.500. The molecular formula is C10H13ClN2O3S2. The zero-order valence-corrected chi connectivity index (χ0v) is 12.4. The molecule has 18 heavy (non-hydrogen) atoms. The maximum atomic E-state index is 11.7. The molecule has 0 atom stereocenters. The van der Waals surface area contributed by atoms with Gasteiger partial charge in [-0.2, -0.15) is 0 Å². The molecule has 0 saturated carbocycles. The van der Waals surface area contributed by atoms with Crippen LogP contribution >= 0.6 is 35.2 Å². The van der Waals surface area contributed by atoms with E-state index in [1.807, 2.05) is 0 Å². The van der Waals surface area contributed by atoms with Gasteiger partial charge in [0.1, 0.15) is 5.82 Å². The third-order valence-corrected chi connectivity index (χ3v) is 3.78. The van der Waals surface area contributed by atoms with E-state index in [1.54, 1.807) is 18.5 Å². The Labute approximate surface area is 119 Å². The molecule has 1 heterocycles. The molecular weight excluding hydrogens is 296 g/mol. The molecule has 0 unspecified atom stereocenters. The number of anilines is 1. The van der Waals surface area contributed by atoms with Crippen molar-refractivity contribution in [2.75, 3.05) is 17.8 Å². The molecule has 1 aromatic heterocycles. The number of ether oxygens (including phenoxy) is 1. The van der Waals surface area contributed by atoms with Gasteiger partial charge in [-0.25, -0.2) is 4.79 Å². The SMILES string of the molecule is CCOC(=O)c1sc(=S)n(C)c1NC(=O)CCCl. The van der Waals surface area contributed by atoms with Crippen LogP contribution in [0.2, 0.25) is 0 Å². The van der Waals surface area contributed by atoms with E-state index in [2.05, 4.69) is 5.32 Å². The van der Waals surface area contributed by atoms with E-state index in [-0.39, 0.29) is 24.8 Å². The highest BCUT2D eigenvalue weighted by atomic mass is 35.5. The number of hydrogen-bond donors (Lipinski definition) is 1. The van der Waals surface area contributed by atoms with Crippen molar-refractivity contribution in [3.63, 3.8) is 0 Å². The van der Waals surface area contributed by atoms with Crippen molar-refractivity contribution in [1.82, 2.24) is 4.57 Å². The van der Waals surface area contributed by atoms with Crippen LogP contribution in [0, 0.1) is 3.95 Å². The summed E-state index contributed by atoms with van der Waals surface area (Å²) in [5.74, 6) is -0.178. The van der Waals surface area contributed by atoms with E-state index in [4.69, 9.17) is 28.6 Å². The Bertz CT molecular complexity index is 510. The predicted octanol–water partition coefficient (Wildman–Crippen LogP) is 2.56. The topological polar surface area (TPSA) is 60.3 Å². The monoisotopic (exact) mass is 308 g/mol. The molecule has 0 aliphatic heterocycles. The van der Waals surface area contributed by atoms with Crippen LogP contribution in [-0.2, 0) is 16.6 Å². The van der Waals surface area contributed by atoms with Crippen molar-refractivity contribution < 1.29 is 14.3 Å². The summed E-state index contributed by atoms with van der Waals surface area (Å²) in [7, 11) is 1.68. The maximum absolute atomic E-state index is 11.7. The molecule has 0 aliphatic carbocycles. The Morgan fingerprint density at radius 1 is 1.56 bits per heavy atom. The number of nitrogens with one attached hydrogen (secondary N) is 1. The number of carbonyl (C=O) groups excluding carboxylic acids is 2. The molecule has 0 aromatic carbocycles. The zero-order chi connectivity index (χ0) is 13.7. The Balaban J connectivity index is 3.05. The molecule has 0 spiro atoms. The zero-order valence-electron chi connectivity index (χ0n) is 9.99. The number of nitrogens with zero attached hydrogens (tertiary/aromatic N) is 1. The average molecular weight is 309 g/mol. The third kappa shape index (κ3) is 3.54. The fourth-order valence-electron chi connectivity index (χ4n) is 1.20. The first kappa shape index (κ1) is 15.1. The maximum Gasteiger partial charge on any atom is 0.352 e. The predicted molar refractivity (Wildman–Crippen MR) is 74.0 cm³/mol. The van der Waals surface area contributed by atoms with Crippen molar-refractivity contribution in [2.24, 2.45) is 7.05 Å². The van der Waals surface area contributed by atoms with Gasteiger partial charge in [-0.1, -0.05) is 11.3 Å². The van der Waals surface area contributed by atoms with Gasteiger partial charge in [0.2, 0.25) is 5.91 Å². The minimum absolute atomic E-state index is 0.173. The summed E-state index contributed by atoms with van der Waals surface area (Å²) in [5, 5.41) is 2.62. The molecule has 1 N–H and O–H groups in total. The number of aromatic nitrogens is 1. The Hall–Kier alpha value is -0.920. The van der Waals surface area contributed by atoms with E-state index in [0.29, 0.717) is 14.6 Å². The van der Waals surface area contributed by atoms with Crippen molar-refractivity contribution in [2.45, 2.75) is 13.3 Å².